The van der Waals surface area contributed by atoms with E-state index >= 15 is 0 Å². The lowest BCUT2D eigenvalue weighted by Crippen LogP contribution is -2.24. The highest BCUT2D eigenvalue weighted by molar-refractivity contribution is 5.30. The Morgan fingerprint density at radius 2 is 1.81 bits per heavy atom. The van der Waals surface area contributed by atoms with Crippen molar-refractivity contribution in [3.05, 3.63) is 65.2 Å². The second kappa shape index (κ2) is 7.25. The molecule has 0 aliphatic carbocycles. The summed E-state index contributed by atoms with van der Waals surface area (Å²) in [4.78, 5) is 0. The first-order valence-electron chi connectivity index (χ1n) is 7.22. The largest absolute Gasteiger partial charge is 0.497 e. The van der Waals surface area contributed by atoms with Crippen LogP contribution in [0.15, 0.2) is 48.5 Å². The van der Waals surface area contributed by atoms with Crippen molar-refractivity contribution in [3.8, 4) is 5.75 Å². The molecule has 2 atom stereocenters. The van der Waals surface area contributed by atoms with Crippen LogP contribution in [-0.2, 0) is 0 Å². The number of aliphatic hydroxyl groups is 1. The number of hydrogen-bond donors (Lipinski definition) is 2. The van der Waals surface area contributed by atoms with E-state index in [0.29, 0.717) is 6.54 Å². The van der Waals surface area contributed by atoms with Gasteiger partial charge >= 0.3 is 0 Å². The highest BCUT2D eigenvalue weighted by Gasteiger charge is 2.11. The number of methoxy groups -OCH3 is 1. The van der Waals surface area contributed by atoms with Crippen LogP contribution in [0.3, 0.4) is 0 Å². The van der Waals surface area contributed by atoms with E-state index in [9.17, 15) is 5.11 Å². The molecule has 112 valence electrons. The zero-order valence-electron chi connectivity index (χ0n) is 12.8. The Labute approximate surface area is 126 Å². The van der Waals surface area contributed by atoms with Crippen LogP contribution in [0.1, 0.15) is 35.8 Å². The topological polar surface area (TPSA) is 41.5 Å². The maximum atomic E-state index is 10.3. The monoisotopic (exact) mass is 285 g/mol. The van der Waals surface area contributed by atoms with Crippen molar-refractivity contribution in [2.45, 2.75) is 26.0 Å². The fourth-order valence-electron chi connectivity index (χ4n) is 2.23. The molecule has 0 aliphatic rings. The lowest BCUT2D eigenvalue weighted by Gasteiger charge is -2.18. The summed E-state index contributed by atoms with van der Waals surface area (Å²) in [7, 11) is 1.63. The van der Waals surface area contributed by atoms with Gasteiger partial charge in [-0.25, -0.2) is 0 Å². The SMILES string of the molecule is COc1cccc(C(O)CN[C@H](C)c2ccc(C)cc2)c1. The Balaban J connectivity index is 1.93. The van der Waals surface area contributed by atoms with Gasteiger partial charge in [0.15, 0.2) is 0 Å². The lowest BCUT2D eigenvalue weighted by molar-refractivity contribution is 0.170. The molecule has 2 N–H and O–H groups in total. The standard InChI is InChI=1S/C18H23NO2/c1-13-7-9-15(10-8-13)14(2)19-12-18(20)16-5-4-6-17(11-16)21-3/h4-11,14,18-20H,12H2,1-3H3/t14-,18?/m1/s1. The Morgan fingerprint density at radius 3 is 2.48 bits per heavy atom. The number of aliphatic hydroxyl groups excluding tert-OH is 1. The zero-order chi connectivity index (χ0) is 15.2. The molecule has 2 aromatic carbocycles. The molecule has 0 saturated heterocycles. The predicted octanol–water partition coefficient (Wildman–Crippen LogP) is 3.39. The van der Waals surface area contributed by atoms with Crippen LogP contribution in [-0.4, -0.2) is 18.8 Å². The van der Waals surface area contributed by atoms with Crippen LogP contribution < -0.4 is 10.1 Å². The summed E-state index contributed by atoms with van der Waals surface area (Å²) in [5.74, 6) is 0.762. The Morgan fingerprint density at radius 1 is 1.10 bits per heavy atom. The summed E-state index contributed by atoms with van der Waals surface area (Å²) in [6.07, 6.45) is -0.548. The fraction of sp³-hybridized carbons (Fsp3) is 0.333. The first-order chi connectivity index (χ1) is 10.1. The minimum atomic E-state index is -0.548. The first-order valence-corrected chi connectivity index (χ1v) is 7.22. The molecule has 21 heavy (non-hydrogen) atoms. The molecule has 0 bridgehead atoms. The average Bonchev–Trinajstić information content (AvgIpc) is 2.53. The molecule has 1 unspecified atom stereocenters. The molecular formula is C18H23NO2. The number of rotatable bonds is 6. The number of hydrogen-bond acceptors (Lipinski definition) is 3. The van der Waals surface area contributed by atoms with E-state index in [1.54, 1.807) is 7.11 Å². The molecule has 0 heterocycles. The zero-order valence-corrected chi connectivity index (χ0v) is 12.8. The average molecular weight is 285 g/mol. The van der Waals surface area contributed by atoms with Gasteiger partial charge in [-0.05, 0) is 37.1 Å². The number of benzene rings is 2. The maximum absolute atomic E-state index is 10.3. The van der Waals surface area contributed by atoms with Gasteiger partial charge in [0.05, 0.1) is 13.2 Å². The molecule has 0 spiro atoms. The normalized spacial score (nSPS) is 13.7. The van der Waals surface area contributed by atoms with Crippen LogP contribution in [0.4, 0.5) is 0 Å². The van der Waals surface area contributed by atoms with Crippen molar-refractivity contribution < 1.29 is 9.84 Å². The highest BCUT2D eigenvalue weighted by atomic mass is 16.5. The van der Waals surface area contributed by atoms with Crippen molar-refractivity contribution in [3.63, 3.8) is 0 Å². The van der Waals surface area contributed by atoms with Gasteiger partial charge < -0.3 is 15.2 Å². The van der Waals surface area contributed by atoms with E-state index in [0.717, 1.165) is 11.3 Å². The molecule has 0 radical (unpaired) electrons. The molecule has 2 aromatic rings. The van der Waals surface area contributed by atoms with Gasteiger partial charge in [0.2, 0.25) is 0 Å². The number of aryl methyl sites for hydroxylation is 1. The van der Waals surface area contributed by atoms with Gasteiger partial charge in [-0.15, -0.1) is 0 Å². The molecule has 0 saturated carbocycles. The molecule has 2 rings (SSSR count). The van der Waals surface area contributed by atoms with Crippen molar-refractivity contribution >= 4 is 0 Å². The van der Waals surface area contributed by atoms with Gasteiger partial charge in [0, 0.05) is 12.6 Å². The van der Waals surface area contributed by atoms with E-state index < -0.39 is 6.10 Å². The third-order valence-corrected chi connectivity index (χ3v) is 3.67. The van der Waals surface area contributed by atoms with Gasteiger partial charge in [-0.2, -0.15) is 0 Å². The lowest BCUT2D eigenvalue weighted by atomic mass is 10.1. The van der Waals surface area contributed by atoms with E-state index in [-0.39, 0.29) is 6.04 Å². The second-order valence-electron chi connectivity index (χ2n) is 5.33. The maximum Gasteiger partial charge on any atom is 0.119 e. The summed E-state index contributed by atoms with van der Waals surface area (Å²) < 4.78 is 5.18. The van der Waals surface area contributed by atoms with Crippen LogP contribution in [0.2, 0.25) is 0 Å². The van der Waals surface area contributed by atoms with Crippen molar-refractivity contribution in [1.29, 1.82) is 0 Å². The number of nitrogens with one attached hydrogen (secondary N) is 1. The molecule has 3 heteroatoms. The highest BCUT2D eigenvalue weighted by Crippen LogP contribution is 2.20. The molecular weight excluding hydrogens is 262 g/mol. The summed E-state index contributed by atoms with van der Waals surface area (Å²) in [5.41, 5.74) is 3.33. The Bertz CT molecular complexity index is 566. The fourth-order valence-corrected chi connectivity index (χ4v) is 2.23. The quantitative estimate of drug-likeness (QED) is 0.855. The van der Waals surface area contributed by atoms with Gasteiger partial charge in [-0.1, -0.05) is 42.0 Å². The summed E-state index contributed by atoms with van der Waals surface area (Å²) >= 11 is 0. The summed E-state index contributed by atoms with van der Waals surface area (Å²) in [6, 6.07) is 16.2. The van der Waals surface area contributed by atoms with Crippen molar-refractivity contribution in [1.82, 2.24) is 5.32 Å². The van der Waals surface area contributed by atoms with E-state index in [1.165, 1.54) is 11.1 Å². The Hall–Kier alpha value is -1.84. The molecule has 3 nitrogen and oxygen atoms in total. The third-order valence-electron chi connectivity index (χ3n) is 3.67. The van der Waals surface area contributed by atoms with Crippen molar-refractivity contribution in [2.24, 2.45) is 0 Å². The van der Waals surface area contributed by atoms with Gasteiger partial charge in [0.25, 0.3) is 0 Å². The van der Waals surface area contributed by atoms with E-state index in [1.807, 2.05) is 24.3 Å². The van der Waals surface area contributed by atoms with E-state index in [4.69, 9.17) is 4.74 Å². The minimum Gasteiger partial charge on any atom is -0.497 e. The van der Waals surface area contributed by atoms with Crippen LogP contribution in [0, 0.1) is 6.92 Å². The molecule has 0 amide bonds. The van der Waals surface area contributed by atoms with Crippen LogP contribution in [0.5, 0.6) is 5.75 Å². The molecule has 0 aromatic heterocycles. The predicted molar refractivity (Wildman–Crippen MR) is 85.6 cm³/mol. The first kappa shape index (κ1) is 15.5. The smallest absolute Gasteiger partial charge is 0.119 e. The third kappa shape index (κ3) is 4.31. The van der Waals surface area contributed by atoms with Crippen LogP contribution in [0.25, 0.3) is 0 Å². The molecule has 0 fully saturated rings. The van der Waals surface area contributed by atoms with Gasteiger partial charge in [-0.3, -0.25) is 0 Å². The van der Waals surface area contributed by atoms with Crippen LogP contribution >= 0.6 is 0 Å². The second-order valence-corrected chi connectivity index (χ2v) is 5.33. The summed E-state index contributed by atoms with van der Waals surface area (Å²) in [5, 5.41) is 13.6. The number of ether oxygens (including phenoxy) is 1. The van der Waals surface area contributed by atoms with Crippen molar-refractivity contribution in [2.75, 3.05) is 13.7 Å². The Kier molecular flexibility index (Phi) is 5.37. The molecule has 0 aliphatic heterocycles. The van der Waals surface area contributed by atoms with E-state index in [2.05, 4.69) is 43.4 Å². The minimum absolute atomic E-state index is 0.200. The van der Waals surface area contributed by atoms with Gasteiger partial charge in [0.1, 0.15) is 5.75 Å². The summed E-state index contributed by atoms with van der Waals surface area (Å²) in [6.45, 7) is 4.68.